The fourth-order valence-corrected chi connectivity index (χ4v) is 1.80. The van der Waals surface area contributed by atoms with Crippen molar-refractivity contribution in [2.24, 2.45) is 0 Å². The molecular weight excluding hydrogens is 355 g/mol. The van der Waals surface area contributed by atoms with Crippen molar-refractivity contribution in [1.29, 1.82) is 0 Å². The maximum atomic E-state index is 12.2. The Morgan fingerprint density at radius 2 is 1.42 bits per heavy atom. The lowest BCUT2D eigenvalue weighted by Gasteiger charge is -2.34. The summed E-state index contributed by atoms with van der Waals surface area (Å²) in [5, 5.41) is 0. The molecule has 24 heavy (non-hydrogen) atoms. The molecule has 0 N–H and O–H groups in total. The van der Waals surface area contributed by atoms with Crippen LogP contribution in [-0.2, 0) is 4.74 Å². The molecule has 0 saturated carbocycles. The van der Waals surface area contributed by atoms with Crippen molar-refractivity contribution in [2.45, 2.75) is 32.3 Å². The average Bonchev–Trinajstić information content (AvgIpc) is 2.44. The van der Waals surface area contributed by atoms with Gasteiger partial charge in [0.1, 0.15) is 0 Å². The van der Waals surface area contributed by atoms with Crippen molar-refractivity contribution in [3.8, 4) is 0 Å². The van der Waals surface area contributed by atoms with Gasteiger partial charge in [0, 0.05) is 32.6 Å². The van der Waals surface area contributed by atoms with E-state index in [1.165, 1.54) is 4.90 Å². The third-order valence-corrected chi connectivity index (χ3v) is 2.84. The lowest BCUT2D eigenvalue weighted by molar-refractivity contribution is -0.308. The summed E-state index contributed by atoms with van der Waals surface area (Å²) in [6, 6.07) is 0. The van der Waals surface area contributed by atoms with Gasteiger partial charge in [0.2, 0.25) is 0 Å². The lowest BCUT2D eigenvalue weighted by atomic mass is 9.98. The minimum atomic E-state index is -5.79. The van der Waals surface area contributed by atoms with Gasteiger partial charge in [0.25, 0.3) is 6.10 Å². The van der Waals surface area contributed by atoms with Crippen LogP contribution in [0.2, 0.25) is 0 Å². The molecule has 1 aliphatic heterocycles. The number of piperazine rings is 1. The molecule has 1 amide bonds. The van der Waals surface area contributed by atoms with E-state index in [0.29, 0.717) is 4.90 Å². The molecule has 0 atom stereocenters. The van der Waals surface area contributed by atoms with E-state index in [9.17, 15) is 39.8 Å². The second-order valence-electron chi connectivity index (χ2n) is 4.53. The van der Waals surface area contributed by atoms with Crippen LogP contribution in [0, 0.1) is 0 Å². The summed E-state index contributed by atoms with van der Waals surface area (Å²) in [6.45, 7) is 3.21. The molecule has 0 aromatic rings. The van der Waals surface area contributed by atoms with Gasteiger partial charge in [0.15, 0.2) is 0 Å². The first-order chi connectivity index (χ1) is 10.9. The topological polar surface area (TPSA) is 32.8 Å². The van der Waals surface area contributed by atoms with Gasteiger partial charge in [0.05, 0.1) is 0 Å². The van der Waals surface area contributed by atoms with Crippen molar-refractivity contribution in [3.63, 3.8) is 0 Å². The van der Waals surface area contributed by atoms with Crippen molar-refractivity contribution in [1.82, 2.24) is 9.80 Å². The van der Waals surface area contributed by atoms with Crippen molar-refractivity contribution in [2.75, 3.05) is 32.6 Å². The molecule has 0 aromatic heterocycles. The Balaban J connectivity index is 0.00000254. The molecule has 1 rings (SSSR count). The highest BCUT2D eigenvalue weighted by Gasteiger charge is 2.60. The maximum Gasteiger partial charge on any atom is 0.551 e. The van der Waals surface area contributed by atoms with Crippen LogP contribution in [-0.4, -0.2) is 74.2 Å². The molecule has 0 radical (unpaired) electrons. The van der Waals surface area contributed by atoms with Gasteiger partial charge in [-0.3, -0.25) is 8.63 Å². The molecule has 0 aliphatic carbocycles. The highest BCUT2D eigenvalue weighted by Crippen LogP contribution is 2.36. The summed E-state index contributed by atoms with van der Waals surface area (Å²) in [5.74, 6) is 0. The van der Waals surface area contributed by atoms with Crippen molar-refractivity contribution in [3.05, 3.63) is 0 Å². The van der Waals surface area contributed by atoms with Crippen LogP contribution in [0.15, 0.2) is 0 Å². The molecule has 1 heterocycles. The number of carbonyl (C=O) groups is 1. The predicted octanol–water partition coefficient (Wildman–Crippen LogP) is 3.23. The van der Waals surface area contributed by atoms with E-state index in [-0.39, 0.29) is 26.2 Å². The van der Waals surface area contributed by atoms with Crippen LogP contribution < -0.4 is 0 Å². The number of halogens is 8. The second kappa shape index (κ2) is 9.28. The van der Waals surface area contributed by atoms with E-state index in [1.54, 1.807) is 0 Å². The van der Waals surface area contributed by atoms with E-state index in [2.05, 4.69) is 4.74 Å². The number of carbonyl (C=O) groups excluding carboxylic acids is 1. The third kappa shape index (κ3) is 7.54. The van der Waals surface area contributed by atoms with Gasteiger partial charge < -0.3 is 14.5 Å². The molecule has 142 valence electrons. The molecule has 4 nitrogen and oxygen atoms in total. The second-order valence-corrected chi connectivity index (χ2v) is 4.53. The van der Waals surface area contributed by atoms with E-state index >= 15 is 0 Å². The zero-order valence-corrected chi connectivity index (χ0v) is 12.9. The molecule has 0 spiro atoms. The van der Waals surface area contributed by atoms with E-state index < -0.39 is 38.3 Å². The smallest absolute Gasteiger partial charge is 0.426 e. The van der Waals surface area contributed by atoms with Crippen LogP contribution in [0.3, 0.4) is 0 Å². The van der Waals surface area contributed by atoms with Gasteiger partial charge >= 0.3 is 25.7 Å². The zero-order valence-electron chi connectivity index (χ0n) is 12.9. The Morgan fingerprint density at radius 3 is 1.75 bits per heavy atom. The van der Waals surface area contributed by atoms with Gasteiger partial charge in [-0.2, -0.15) is 26.3 Å². The Labute approximate surface area is 133 Å². The summed E-state index contributed by atoms with van der Waals surface area (Å²) >= 11 is 0. The highest BCUT2D eigenvalue weighted by atomic mass is 19.4. The Kier molecular flexibility index (Phi) is 8.79. The summed E-state index contributed by atoms with van der Waals surface area (Å²) in [7, 11) is -2.63. The van der Waals surface area contributed by atoms with E-state index in [1.807, 2.05) is 13.8 Å². The van der Waals surface area contributed by atoms with Crippen LogP contribution in [0.4, 0.5) is 39.8 Å². The summed E-state index contributed by atoms with van der Waals surface area (Å²) in [5.41, 5.74) is 0. The SMILES string of the molecule is CC.O=C(OC(C(F)(F)F)C(F)(F)F)N1CCN(CB(F)F)CC1. The first-order valence-electron chi connectivity index (χ1n) is 7.00. The minimum Gasteiger partial charge on any atom is -0.426 e. The molecule has 1 aliphatic rings. The fraction of sp³-hybridized carbons (Fsp3) is 0.909. The average molecular weight is 372 g/mol. The van der Waals surface area contributed by atoms with Crippen LogP contribution >= 0.6 is 0 Å². The molecule has 1 fully saturated rings. The molecule has 13 heteroatoms. The molecule has 1 saturated heterocycles. The summed E-state index contributed by atoms with van der Waals surface area (Å²) in [6.07, 6.45) is -18.2. The lowest BCUT2D eigenvalue weighted by Crippen LogP contribution is -2.53. The number of hydrogen-bond acceptors (Lipinski definition) is 3. The molecular formula is C11H17BF8N2O2. The largest absolute Gasteiger partial charge is 0.551 e. The quantitative estimate of drug-likeness (QED) is 0.564. The monoisotopic (exact) mass is 372 g/mol. The number of nitrogens with zero attached hydrogens (tertiary/aromatic N) is 2. The maximum absolute atomic E-state index is 12.2. The van der Waals surface area contributed by atoms with Gasteiger partial charge in [-0.25, -0.2) is 4.79 Å². The van der Waals surface area contributed by atoms with Crippen LogP contribution in [0.5, 0.6) is 0 Å². The zero-order chi connectivity index (χ0) is 19.1. The molecule has 0 bridgehead atoms. The van der Waals surface area contributed by atoms with Crippen LogP contribution in [0.25, 0.3) is 0 Å². The Hall–Kier alpha value is -1.27. The fourth-order valence-electron chi connectivity index (χ4n) is 1.80. The van der Waals surface area contributed by atoms with Crippen molar-refractivity contribution < 1.29 is 44.5 Å². The third-order valence-electron chi connectivity index (χ3n) is 2.84. The Bertz CT molecular complexity index is 369. The number of rotatable bonds is 3. The van der Waals surface area contributed by atoms with Gasteiger partial charge in [-0.15, -0.1) is 0 Å². The van der Waals surface area contributed by atoms with E-state index in [4.69, 9.17) is 0 Å². The summed E-state index contributed by atoms with van der Waals surface area (Å²) < 4.78 is 101. The number of amides is 1. The number of hydrogen-bond donors (Lipinski definition) is 0. The summed E-state index contributed by atoms with van der Waals surface area (Å²) in [4.78, 5) is 13.2. The Morgan fingerprint density at radius 1 is 1.00 bits per heavy atom. The number of ether oxygens (including phenoxy) is 1. The molecule has 0 aromatic carbocycles. The predicted molar refractivity (Wildman–Crippen MR) is 69.7 cm³/mol. The first kappa shape index (κ1) is 22.7. The normalized spacial score (nSPS) is 16.5. The standard InChI is InChI=1S/C9H11BF8N2O2.C2H6/c11-8(12,13)6(9(14,15)16)22-7(21)20-3-1-19(2-4-20)5-10(17)18;1-2/h6H,1-5H2;1-2H3. The highest BCUT2D eigenvalue weighted by molar-refractivity contribution is 6.42. The van der Waals surface area contributed by atoms with Crippen molar-refractivity contribution >= 4 is 13.4 Å². The van der Waals surface area contributed by atoms with Gasteiger partial charge in [-0.1, -0.05) is 13.8 Å². The minimum absolute atomic E-state index is 0.0951. The van der Waals surface area contributed by atoms with E-state index in [0.717, 1.165) is 0 Å². The van der Waals surface area contributed by atoms with Gasteiger partial charge in [-0.05, 0) is 0 Å². The number of alkyl halides is 6. The first-order valence-corrected chi connectivity index (χ1v) is 7.00. The van der Waals surface area contributed by atoms with Crippen LogP contribution in [0.1, 0.15) is 13.8 Å². The molecule has 0 unspecified atom stereocenters.